The van der Waals surface area contributed by atoms with Crippen LogP contribution in [0.3, 0.4) is 0 Å². The zero-order chi connectivity index (χ0) is 21.9. The van der Waals surface area contributed by atoms with E-state index in [1.807, 2.05) is 19.9 Å². The lowest BCUT2D eigenvalue weighted by molar-refractivity contribution is -0.219. The van der Waals surface area contributed by atoms with Gasteiger partial charge in [-0.15, -0.1) is 5.06 Å². The molecule has 1 fully saturated rings. The van der Waals surface area contributed by atoms with Gasteiger partial charge >= 0.3 is 5.97 Å². The van der Waals surface area contributed by atoms with Crippen molar-refractivity contribution in [2.24, 2.45) is 0 Å². The molecule has 0 radical (unpaired) electrons. The van der Waals surface area contributed by atoms with Crippen LogP contribution < -0.4 is 5.32 Å². The number of nitrogens with one attached hydrogen (secondary N) is 1. The molecule has 3 rings (SSSR count). The molecule has 30 heavy (non-hydrogen) atoms. The average molecular weight is 479 g/mol. The molecule has 0 saturated carbocycles. The molecule has 8 heteroatoms. The number of nitrogens with zero attached hydrogens (tertiary/aromatic N) is 1. The predicted octanol–water partition coefficient (Wildman–Crippen LogP) is 4.69. The van der Waals surface area contributed by atoms with Crippen molar-refractivity contribution in [3.63, 3.8) is 0 Å². The van der Waals surface area contributed by atoms with Crippen LogP contribution in [0.25, 0.3) is 0 Å². The fourth-order valence-corrected chi connectivity index (χ4v) is 3.83. The molecule has 1 aliphatic heterocycles. The highest BCUT2D eigenvalue weighted by Crippen LogP contribution is 2.32. The third kappa shape index (κ3) is 5.24. The smallest absolute Gasteiger partial charge is 0.357 e. The summed E-state index contributed by atoms with van der Waals surface area (Å²) in [6.45, 7) is 5.41. The maximum Gasteiger partial charge on any atom is 0.357 e. The van der Waals surface area contributed by atoms with Crippen molar-refractivity contribution in [2.45, 2.75) is 45.4 Å². The number of anilines is 1. The fourth-order valence-electron chi connectivity index (χ4n) is 3.40. The molecule has 160 valence electrons. The number of benzene rings is 2. The number of rotatable bonds is 6. The number of hydroxylamine groups is 2. The third-order valence-corrected chi connectivity index (χ3v) is 5.74. The van der Waals surface area contributed by atoms with Crippen molar-refractivity contribution in [3.8, 4) is 0 Å². The maximum atomic E-state index is 14.2. The summed E-state index contributed by atoms with van der Waals surface area (Å²) >= 11 is 3.28. The van der Waals surface area contributed by atoms with E-state index in [1.54, 1.807) is 35.4 Å². The quantitative estimate of drug-likeness (QED) is 0.652. The second-order valence-corrected chi connectivity index (χ2v) is 8.43. The van der Waals surface area contributed by atoms with E-state index in [0.717, 1.165) is 0 Å². The van der Waals surface area contributed by atoms with E-state index >= 15 is 0 Å². The summed E-state index contributed by atoms with van der Waals surface area (Å²) in [5.74, 6) is -1.18. The Hall–Kier alpha value is -2.29. The Morgan fingerprint density at radius 1 is 1.30 bits per heavy atom. The third-order valence-electron chi connectivity index (χ3n) is 4.85. The highest BCUT2D eigenvalue weighted by atomic mass is 79.9. The van der Waals surface area contributed by atoms with Gasteiger partial charge in [-0.25, -0.2) is 9.18 Å². The lowest BCUT2D eigenvalue weighted by Gasteiger charge is -2.31. The summed E-state index contributed by atoms with van der Waals surface area (Å²) in [6, 6.07) is 11.5. The summed E-state index contributed by atoms with van der Waals surface area (Å²) in [5, 5.41) is 4.18. The largest absolute Gasteiger partial charge is 0.361 e. The van der Waals surface area contributed by atoms with Gasteiger partial charge in [-0.05, 0) is 72.4 Å². The summed E-state index contributed by atoms with van der Waals surface area (Å²) in [6.07, 6.45) is 1.06. The SMILES string of the molecule is CC(=O)Nc1cc(F)c(Br)c(CC[C@H]2COC(C)(C)N2OC(=O)c2ccccc2)c1. The van der Waals surface area contributed by atoms with Crippen molar-refractivity contribution >= 4 is 33.5 Å². The summed E-state index contributed by atoms with van der Waals surface area (Å²) in [7, 11) is 0. The van der Waals surface area contributed by atoms with Gasteiger partial charge in [0.05, 0.1) is 22.7 Å². The van der Waals surface area contributed by atoms with Crippen molar-refractivity contribution in [1.82, 2.24) is 5.06 Å². The van der Waals surface area contributed by atoms with Gasteiger partial charge in [0.2, 0.25) is 5.91 Å². The first-order valence-corrected chi connectivity index (χ1v) is 10.4. The van der Waals surface area contributed by atoms with E-state index in [-0.39, 0.29) is 11.9 Å². The standard InChI is InChI=1S/C22H24BrFN2O4/c1-14(27)25-17-11-16(20(23)19(24)12-17)9-10-18-13-29-22(2,3)26(18)30-21(28)15-7-5-4-6-8-15/h4-8,11-12,18H,9-10,13H2,1-3H3,(H,25,27)/t18-/m0/s1. The van der Waals surface area contributed by atoms with E-state index in [4.69, 9.17) is 9.57 Å². The summed E-state index contributed by atoms with van der Waals surface area (Å²) in [4.78, 5) is 29.5. The molecule has 1 saturated heterocycles. The topological polar surface area (TPSA) is 67.9 Å². The van der Waals surface area contributed by atoms with E-state index < -0.39 is 17.5 Å². The van der Waals surface area contributed by atoms with Gasteiger partial charge in [0.25, 0.3) is 0 Å². The van der Waals surface area contributed by atoms with Crippen molar-refractivity contribution in [1.29, 1.82) is 0 Å². The Morgan fingerprint density at radius 2 is 2.00 bits per heavy atom. The van der Waals surface area contributed by atoms with Gasteiger partial charge in [-0.3, -0.25) is 4.79 Å². The van der Waals surface area contributed by atoms with Crippen LogP contribution >= 0.6 is 15.9 Å². The van der Waals surface area contributed by atoms with Gasteiger partial charge in [0.15, 0.2) is 0 Å². The first-order chi connectivity index (χ1) is 14.2. The van der Waals surface area contributed by atoms with Crippen LogP contribution in [-0.4, -0.2) is 35.3 Å². The van der Waals surface area contributed by atoms with Gasteiger partial charge in [0, 0.05) is 12.6 Å². The molecule has 0 spiro atoms. The van der Waals surface area contributed by atoms with E-state index in [2.05, 4.69) is 21.2 Å². The van der Waals surface area contributed by atoms with Crippen LogP contribution in [0.15, 0.2) is 46.9 Å². The number of carbonyl (C=O) groups is 2. The first kappa shape index (κ1) is 22.4. The Kier molecular flexibility index (Phi) is 6.90. The highest BCUT2D eigenvalue weighted by molar-refractivity contribution is 9.10. The monoisotopic (exact) mass is 478 g/mol. The van der Waals surface area contributed by atoms with E-state index in [1.165, 1.54) is 13.0 Å². The minimum Gasteiger partial charge on any atom is -0.361 e. The minimum absolute atomic E-state index is 0.202. The van der Waals surface area contributed by atoms with Crippen molar-refractivity contribution in [2.75, 3.05) is 11.9 Å². The lowest BCUT2D eigenvalue weighted by Crippen LogP contribution is -2.45. The molecule has 0 aliphatic carbocycles. The molecule has 6 nitrogen and oxygen atoms in total. The zero-order valence-electron chi connectivity index (χ0n) is 17.1. The molecule has 0 aromatic heterocycles. The van der Waals surface area contributed by atoms with E-state index in [0.29, 0.717) is 40.7 Å². The number of hydrogen-bond acceptors (Lipinski definition) is 5. The number of halogens is 2. The van der Waals surface area contributed by atoms with Gasteiger partial charge in [-0.2, -0.15) is 0 Å². The van der Waals surface area contributed by atoms with Crippen LogP contribution in [0.2, 0.25) is 0 Å². The number of carbonyl (C=O) groups excluding carboxylic acids is 2. The molecule has 1 amide bonds. The summed E-state index contributed by atoms with van der Waals surface area (Å²) in [5.41, 5.74) is 0.772. The molecule has 1 heterocycles. The van der Waals surface area contributed by atoms with E-state index in [9.17, 15) is 14.0 Å². The molecular weight excluding hydrogens is 455 g/mol. The average Bonchev–Trinajstić information content (AvgIpc) is 2.97. The first-order valence-electron chi connectivity index (χ1n) is 9.63. The predicted molar refractivity (Wildman–Crippen MR) is 114 cm³/mol. The van der Waals surface area contributed by atoms with Crippen molar-refractivity contribution < 1.29 is 23.6 Å². The Morgan fingerprint density at radius 3 is 2.67 bits per heavy atom. The number of ether oxygens (including phenoxy) is 1. The number of aryl methyl sites for hydroxylation is 1. The van der Waals surface area contributed by atoms with Gasteiger partial charge < -0.3 is 14.9 Å². The molecular formula is C22H24BrFN2O4. The van der Waals surface area contributed by atoms with Crippen LogP contribution in [0.1, 0.15) is 43.1 Å². The molecule has 1 atom stereocenters. The number of hydrogen-bond donors (Lipinski definition) is 1. The molecule has 2 aromatic rings. The van der Waals surface area contributed by atoms with Crippen LogP contribution in [-0.2, 0) is 20.8 Å². The highest BCUT2D eigenvalue weighted by Gasteiger charge is 2.43. The fraction of sp³-hybridized carbons (Fsp3) is 0.364. The summed E-state index contributed by atoms with van der Waals surface area (Å²) < 4.78 is 20.4. The Balaban J connectivity index is 1.73. The second-order valence-electron chi connectivity index (χ2n) is 7.63. The van der Waals surface area contributed by atoms with Crippen molar-refractivity contribution in [3.05, 3.63) is 63.9 Å². The molecule has 0 unspecified atom stereocenters. The Labute approximate surface area is 183 Å². The minimum atomic E-state index is -0.782. The normalized spacial score (nSPS) is 18.2. The molecule has 1 aliphatic rings. The zero-order valence-corrected chi connectivity index (χ0v) is 18.7. The van der Waals surface area contributed by atoms with Crippen LogP contribution in [0.4, 0.5) is 10.1 Å². The second kappa shape index (κ2) is 9.24. The van der Waals surface area contributed by atoms with Gasteiger partial charge in [-0.1, -0.05) is 18.2 Å². The molecule has 0 bridgehead atoms. The molecule has 2 aromatic carbocycles. The van der Waals surface area contributed by atoms with Gasteiger partial charge in [0.1, 0.15) is 11.5 Å². The lowest BCUT2D eigenvalue weighted by atomic mass is 10.0. The number of amides is 1. The Bertz CT molecular complexity index is 936. The molecule has 1 N–H and O–H groups in total. The van der Waals surface area contributed by atoms with Crippen LogP contribution in [0, 0.1) is 5.82 Å². The maximum absolute atomic E-state index is 14.2. The van der Waals surface area contributed by atoms with Crippen LogP contribution in [0.5, 0.6) is 0 Å².